The molecule has 0 aliphatic carbocycles. The standard InChI is InChI=1S/C12H14N4O5S2/c13-15-22(17,18)21-23(19,20)16(12-9-5-2-6-10-12)14-11-7-3-1-4-8-11/h1-10,14-15H,13H2. The van der Waals surface area contributed by atoms with Gasteiger partial charge in [-0.05, 0) is 24.3 Å². The normalized spacial score (nSPS) is 11.9. The number of hydrogen-bond donors (Lipinski definition) is 3. The Kier molecular flexibility index (Phi) is 5.18. The summed E-state index contributed by atoms with van der Waals surface area (Å²) in [4.78, 5) is 1.28. The minimum Gasteiger partial charge on any atom is -0.283 e. The highest BCUT2D eigenvalue weighted by molar-refractivity contribution is 7.99. The van der Waals surface area contributed by atoms with Crippen molar-refractivity contribution in [2.75, 3.05) is 9.84 Å². The summed E-state index contributed by atoms with van der Waals surface area (Å²) in [6.45, 7) is 0. The molecule has 0 radical (unpaired) electrons. The lowest BCUT2D eigenvalue weighted by Gasteiger charge is -2.24. The molecule has 2 rings (SSSR count). The number of nitrogens with two attached hydrogens (primary N) is 1. The Morgan fingerprint density at radius 3 is 1.91 bits per heavy atom. The number of benzene rings is 2. The summed E-state index contributed by atoms with van der Waals surface area (Å²) in [7, 11) is -9.42. The summed E-state index contributed by atoms with van der Waals surface area (Å²) in [5.41, 5.74) is 3.12. The van der Waals surface area contributed by atoms with E-state index >= 15 is 0 Å². The maximum absolute atomic E-state index is 12.3. The maximum Gasteiger partial charge on any atom is 0.395 e. The van der Waals surface area contributed by atoms with Crippen molar-refractivity contribution in [1.29, 1.82) is 0 Å². The second kappa shape index (κ2) is 6.93. The average molecular weight is 358 g/mol. The Balaban J connectivity index is 2.41. The first-order valence-corrected chi connectivity index (χ1v) is 8.97. The quantitative estimate of drug-likeness (QED) is 0.485. The van der Waals surface area contributed by atoms with E-state index < -0.39 is 20.6 Å². The highest BCUT2D eigenvalue weighted by atomic mass is 32.3. The van der Waals surface area contributed by atoms with Crippen LogP contribution >= 0.6 is 0 Å². The Morgan fingerprint density at radius 1 is 0.870 bits per heavy atom. The average Bonchev–Trinajstić information content (AvgIpc) is 2.53. The van der Waals surface area contributed by atoms with Crippen LogP contribution in [-0.4, -0.2) is 16.8 Å². The fraction of sp³-hybridized carbons (Fsp3) is 0. The summed E-state index contributed by atoms with van der Waals surface area (Å²) < 4.78 is 51.9. The van der Waals surface area contributed by atoms with Crippen molar-refractivity contribution < 1.29 is 20.5 Å². The van der Waals surface area contributed by atoms with Gasteiger partial charge in [-0.2, -0.15) is 21.2 Å². The largest absolute Gasteiger partial charge is 0.395 e. The van der Waals surface area contributed by atoms with Gasteiger partial charge in [0.15, 0.2) is 0 Å². The van der Waals surface area contributed by atoms with Crippen molar-refractivity contribution in [3.8, 4) is 0 Å². The van der Waals surface area contributed by atoms with Crippen molar-refractivity contribution in [3.63, 3.8) is 0 Å². The van der Waals surface area contributed by atoms with Crippen LogP contribution in [-0.2, 0) is 24.2 Å². The van der Waals surface area contributed by atoms with Gasteiger partial charge in [0.1, 0.15) is 0 Å². The zero-order valence-electron chi connectivity index (χ0n) is 11.7. The second-order valence-electron chi connectivity index (χ2n) is 4.18. The molecule has 0 heterocycles. The summed E-state index contributed by atoms with van der Waals surface area (Å²) in [5.74, 6) is 4.74. The molecule has 0 saturated carbocycles. The van der Waals surface area contributed by atoms with Gasteiger partial charge in [-0.15, -0.1) is 8.46 Å². The highest BCUT2D eigenvalue weighted by Gasteiger charge is 2.30. The van der Waals surface area contributed by atoms with E-state index in [0.29, 0.717) is 10.1 Å². The van der Waals surface area contributed by atoms with Crippen LogP contribution in [0.5, 0.6) is 0 Å². The number of hydrazine groups is 2. The molecule has 0 aliphatic heterocycles. The van der Waals surface area contributed by atoms with E-state index in [1.807, 2.05) is 0 Å². The number of rotatable bonds is 7. The number of hydrogen-bond acceptors (Lipinski definition) is 7. The predicted octanol–water partition coefficient (Wildman–Crippen LogP) is 0.490. The molecule has 0 aromatic heterocycles. The van der Waals surface area contributed by atoms with E-state index in [9.17, 15) is 16.8 Å². The first-order chi connectivity index (χ1) is 10.8. The number of nitrogens with one attached hydrogen (secondary N) is 2. The molecule has 11 heteroatoms. The first-order valence-electron chi connectivity index (χ1n) is 6.19. The number of nitrogens with zero attached hydrogens (tertiary/aromatic N) is 1. The topological polar surface area (TPSA) is 131 Å². The van der Waals surface area contributed by atoms with Crippen LogP contribution in [0.1, 0.15) is 0 Å². The van der Waals surface area contributed by atoms with Crippen LogP contribution < -0.4 is 20.5 Å². The number of para-hydroxylation sites is 2. The molecule has 124 valence electrons. The van der Waals surface area contributed by atoms with Gasteiger partial charge >= 0.3 is 20.6 Å². The molecule has 2 aromatic carbocycles. The van der Waals surface area contributed by atoms with Crippen molar-refractivity contribution in [2.24, 2.45) is 5.84 Å². The van der Waals surface area contributed by atoms with Crippen LogP contribution in [0, 0.1) is 0 Å². The summed E-state index contributed by atoms with van der Waals surface area (Å²) in [6, 6.07) is 16.1. The van der Waals surface area contributed by atoms with Crippen molar-refractivity contribution in [3.05, 3.63) is 60.7 Å². The zero-order chi connectivity index (χ0) is 16.9. The van der Waals surface area contributed by atoms with Crippen LogP contribution in [0.25, 0.3) is 0 Å². The second-order valence-corrected chi connectivity index (χ2v) is 7.08. The van der Waals surface area contributed by atoms with Crippen molar-refractivity contribution in [1.82, 2.24) is 4.83 Å². The molecule has 0 fully saturated rings. The van der Waals surface area contributed by atoms with Crippen LogP contribution in [0.2, 0.25) is 0 Å². The lowest BCUT2D eigenvalue weighted by atomic mass is 10.3. The van der Waals surface area contributed by atoms with E-state index in [0.717, 1.165) is 0 Å². The predicted molar refractivity (Wildman–Crippen MR) is 85.2 cm³/mol. The van der Waals surface area contributed by atoms with E-state index in [-0.39, 0.29) is 5.69 Å². The Bertz CT molecular complexity index is 842. The van der Waals surface area contributed by atoms with E-state index in [1.165, 1.54) is 17.0 Å². The summed E-state index contributed by atoms with van der Waals surface area (Å²) in [6.07, 6.45) is 0. The van der Waals surface area contributed by atoms with Crippen LogP contribution in [0.3, 0.4) is 0 Å². The Morgan fingerprint density at radius 2 is 1.39 bits per heavy atom. The molecule has 0 unspecified atom stereocenters. The van der Waals surface area contributed by atoms with Gasteiger partial charge in [-0.1, -0.05) is 36.4 Å². The van der Waals surface area contributed by atoms with Crippen molar-refractivity contribution >= 4 is 32.0 Å². The zero-order valence-corrected chi connectivity index (χ0v) is 13.3. The molecule has 9 nitrogen and oxygen atoms in total. The molecule has 0 aliphatic rings. The first kappa shape index (κ1) is 17.2. The Hall–Kier alpha value is -2.18. The smallest absolute Gasteiger partial charge is 0.283 e. The molecular formula is C12H14N4O5S2. The van der Waals surface area contributed by atoms with E-state index in [4.69, 9.17) is 5.84 Å². The molecule has 0 bridgehead atoms. The minimum atomic E-state index is -4.75. The molecule has 0 amide bonds. The van der Waals surface area contributed by atoms with Gasteiger partial charge < -0.3 is 0 Å². The third kappa shape index (κ3) is 4.64. The van der Waals surface area contributed by atoms with Gasteiger partial charge in [-0.3, -0.25) is 11.3 Å². The molecule has 4 N–H and O–H groups in total. The monoisotopic (exact) mass is 358 g/mol. The lowest BCUT2D eigenvalue weighted by molar-refractivity contribution is 0.451. The van der Waals surface area contributed by atoms with Gasteiger partial charge in [0.05, 0.1) is 11.4 Å². The highest BCUT2D eigenvalue weighted by Crippen LogP contribution is 2.21. The summed E-state index contributed by atoms with van der Waals surface area (Å²) in [5, 5.41) is 0. The lowest BCUT2D eigenvalue weighted by Crippen LogP contribution is -2.42. The van der Waals surface area contributed by atoms with Gasteiger partial charge in [0.2, 0.25) is 0 Å². The number of anilines is 2. The van der Waals surface area contributed by atoms with Crippen molar-refractivity contribution in [2.45, 2.75) is 0 Å². The molecule has 0 saturated heterocycles. The fourth-order valence-corrected chi connectivity index (χ4v) is 3.51. The molecule has 2 aromatic rings. The minimum absolute atomic E-state index is 0.142. The van der Waals surface area contributed by atoms with E-state index in [2.05, 4.69) is 9.06 Å². The van der Waals surface area contributed by atoms with Crippen LogP contribution in [0.4, 0.5) is 11.4 Å². The summed E-state index contributed by atoms with van der Waals surface area (Å²) >= 11 is 0. The van der Waals surface area contributed by atoms with Gasteiger partial charge in [-0.25, -0.2) is 0 Å². The molecule has 23 heavy (non-hydrogen) atoms. The molecule has 0 atom stereocenters. The molecule has 0 spiro atoms. The molecular weight excluding hydrogens is 344 g/mol. The third-order valence-electron chi connectivity index (χ3n) is 2.54. The third-order valence-corrected chi connectivity index (χ3v) is 4.98. The van der Waals surface area contributed by atoms with Crippen LogP contribution in [0.15, 0.2) is 60.7 Å². The Labute approximate surface area is 134 Å². The fourth-order valence-electron chi connectivity index (χ4n) is 1.61. The van der Waals surface area contributed by atoms with Gasteiger partial charge in [0, 0.05) is 0 Å². The SMILES string of the molecule is NNS(=O)(=O)OS(=O)(=O)N(Nc1ccccc1)c1ccccc1. The van der Waals surface area contributed by atoms with Gasteiger partial charge in [0.25, 0.3) is 0 Å². The van der Waals surface area contributed by atoms with E-state index in [1.54, 1.807) is 48.5 Å². The maximum atomic E-state index is 12.3.